The minimum Gasteiger partial charge on any atom is -0.313 e. The Morgan fingerprint density at radius 2 is 1.06 bits per heavy atom. The van der Waals surface area contributed by atoms with Crippen LogP contribution in [0.15, 0.2) is 181 Å². The molecule has 2 nitrogen and oxygen atoms in total. The molecule has 2 aromatic heterocycles. The van der Waals surface area contributed by atoms with Crippen LogP contribution in [0.1, 0.15) is 24.1 Å². The van der Waals surface area contributed by atoms with Gasteiger partial charge in [0.15, 0.2) is 0 Å². The number of aromatic nitrogens is 1. The molecule has 1 aliphatic rings. The van der Waals surface area contributed by atoms with E-state index in [-0.39, 0.29) is 0 Å². The first-order chi connectivity index (χ1) is 26.3. The molecule has 254 valence electrons. The number of hydrogen-bond donors (Lipinski definition) is 0. The summed E-state index contributed by atoms with van der Waals surface area (Å²) in [5, 5.41) is 6.10. The van der Waals surface area contributed by atoms with E-state index in [0.717, 1.165) is 29.9 Å². The van der Waals surface area contributed by atoms with Gasteiger partial charge in [-0.25, -0.2) is 0 Å². The fraction of sp³-hybridized carbons (Fsp3) is 0.0800. The van der Waals surface area contributed by atoms with Crippen molar-refractivity contribution < 1.29 is 0 Å². The van der Waals surface area contributed by atoms with Gasteiger partial charge in [-0.05, 0) is 142 Å². The summed E-state index contributed by atoms with van der Waals surface area (Å²) >= 11 is 1.81. The van der Waals surface area contributed by atoms with E-state index < -0.39 is 0 Å². The SMILES string of the molecule is c1ccc(N(c2ccc(-c3ccc(-n4c5c(c6ccc(-c7cccs7)cc64)CCCC5)cc3)cc2)c2ccc(-c3ccc4ccccc4c3)cc2)cc1. The number of aryl methyl sites for hydroxylation is 1. The monoisotopic (exact) mass is 698 g/mol. The third-order valence-electron chi connectivity index (χ3n) is 10.9. The highest BCUT2D eigenvalue weighted by Crippen LogP contribution is 2.39. The number of para-hydroxylation sites is 1. The molecule has 7 aromatic carbocycles. The van der Waals surface area contributed by atoms with E-state index in [0.29, 0.717) is 0 Å². The van der Waals surface area contributed by atoms with Gasteiger partial charge < -0.3 is 9.47 Å². The maximum absolute atomic E-state index is 2.54. The van der Waals surface area contributed by atoms with Crippen molar-refractivity contribution in [3.63, 3.8) is 0 Å². The Bertz CT molecular complexity index is 2690. The van der Waals surface area contributed by atoms with Crippen LogP contribution in [0.5, 0.6) is 0 Å². The number of anilines is 3. The number of hydrogen-bond acceptors (Lipinski definition) is 2. The molecule has 53 heavy (non-hydrogen) atoms. The first-order valence-electron chi connectivity index (χ1n) is 18.6. The van der Waals surface area contributed by atoms with Gasteiger partial charge in [-0.2, -0.15) is 0 Å². The molecule has 10 rings (SSSR count). The van der Waals surface area contributed by atoms with Crippen molar-refractivity contribution in [2.45, 2.75) is 25.7 Å². The fourth-order valence-electron chi connectivity index (χ4n) is 8.24. The molecule has 0 spiro atoms. The Kier molecular flexibility index (Phi) is 8.00. The van der Waals surface area contributed by atoms with Crippen LogP contribution in [0.4, 0.5) is 17.1 Å². The van der Waals surface area contributed by atoms with Gasteiger partial charge in [0.25, 0.3) is 0 Å². The Morgan fingerprint density at radius 1 is 0.453 bits per heavy atom. The van der Waals surface area contributed by atoms with E-state index in [1.807, 2.05) is 11.3 Å². The Hall–Kier alpha value is -6.16. The van der Waals surface area contributed by atoms with E-state index in [1.54, 1.807) is 0 Å². The standard InChI is InChI=1S/C50H38N2S/c1-2-11-42(12-3-1)51(44-27-22-38(23-28-44)40-17-16-35-9-4-5-10-39(35)33-40)43-25-18-36(19-26-43)37-20-29-45(30-21-37)52-48-14-7-6-13-46(48)47-31-24-41(34-49(47)52)50-15-8-32-53-50/h1-5,8-12,15-34H,6-7,13-14H2. The zero-order chi connectivity index (χ0) is 35.1. The third kappa shape index (κ3) is 5.84. The topological polar surface area (TPSA) is 8.17 Å². The predicted octanol–water partition coefficient (Wildman–Crippen LogP) is 14.2. The summed E-state index contributed by atoms with van der Waals surface area (Å²) in [5.74, 6) is 0. The third-order valence-corrected chi connectivity index (χ3v) is 11.8. The maximum atomic E-state index is 2.54. The molecule has 0 N–H and O–H groups in total. The second-order valence-electron chi connectivity index (χ2n) is 14.1. The second kappa shape index (κ2) is 13.4. The van der Waals surface area contributed by atoms with Crippen molar-refractivity contribution in [2.75, 3.05) is 4.90 Å². The minimum atomic E-state index is 1.13. The summed E-state index contributed by atoms with van der Waals surface area (Å²) < 4.78 is 2.54. The molecule has 0 saturated heterocycles. The Balaban J connectivity index is 0.962. The molecule has 0 amide bonds. The number of benzene rings is 7. The summed E-state index contributed by atoms with van der Waals surface area (Å²) in [6.07, 6.45) is 4.81. The highest BCUT2D eigenvalue weighted by Gasteiger charge is 2.22. The molecular formula is C50H38N2S. The molecule has 0 aliphatic heterocycles. The number of thiophene rings is 1. The van der Waals surface area contributed by atoms with Gasteiger partial charge in [0.1, 0.15) is 0 Å². The average Bonchev–Trinajstić information content (AvgIpc) is 3.89. The normalized spacial score (nSPS) is 12.6. The Morgan fingerprint density at radius 3 is 1.77 bits per heavy atom. The zero-order valence-electron chi connectivity index (χ0n) is 29.5. The molecule has 0 radical (unpaired) electrons. The van der Waals surface area contributed by atoms with Gasteiger partial charge >= 0.3 is 0 Å². The zero-order valence-corrected chi connectivity index (χ0v) is 30.3. The summed E-state index contributed by atoms with van der Waals surface area (Å²) in [6, 6.07) is 64.5. The van der Waals surface area contributed by atoms with Gasteiger partial charge in [-0.15, -0.1) is 11.3 Å². The van der Waals surface area contributed by atoms with Gasteiger partial charge in [-0.3, -0.25) is 0 Å². The first kappa shape index (κ1) is 31.6. The summed E-state index contributed by atoms with van der Waals surface area (Å²) in [6.45, 7) is 0. The molecule has 2 heterocycles. The lowest BCUT2D eigenvalue weighted by Gasteiger charge is -2.26. The molecule has 0 saturated carbocycles. The summed E-state index contributed by atoms with van der Waals surface area (Å²) in [5.41, 5.74) is 15.1. The van der Waals surface area contributed by atoms with Crippen molar-refractivity contribution in [1.29, 1.82) is 0 Å². The van der Waals surface area contributed by atoms with Gasteiger partial charge in [0, 0.05) is 38.7 Å². The van der Waals surface area contributed by atoms with Crippen LogP contribution in [0, 0.1) is 0 Å². The van der Waals surface area contributed by atoms with Crippen LogP contribution < -0.4 is 4.90 Å². The van der Waals surface area contributed by atoms with E-state index in [4.69, 9.17) is 0 Å². The fourth-order valence-corrected chi connectivity index (χ4v) is 8.96. The predicted molar refractivity (Wildman–Crippen MR) is 226 cm³/mol. The van der Waals surface area contributed by atoms with Crippen molar-refractivity contribution in [3.05, 3.63) is 193 Å². The maximum Gasteiger partial charge on any atom is 0.0540 e. The van der Waals surface area contributed by atoms with Crippen LogP contribution in [0.3, 0.4) is 0 Å². The molecule has 3 heteroatoms. The average molecular weight is 699 g/mol. The van der Waals surface area contributed by atoms with Crippen LogP contribution in [0.25, 0.3) is 60.1 Å². The van der Waals surface area contributed by atoms with Crippen LogP contribution in [0.2, 0.25) is 0 Å². The number of rotatable bonds is 7. The van der Waals surface area contributed by atoms with Gasteiger partial charge in [-0.1, -0.05) is 109 Å². The van der Waals surface area contributed by atoms with Crippen molar-refractivity contribution in [2.24, 2.45) is 0 Å². The van der Waals surface area contributed by atoms with Crippen molar-refractivity contribution >= 4 is 50.1 Å². The Labute approximate surface area is 314 Å². The lowest BCUT2D eigenvalue weighted by atomic mass is 9.95. The van der Waals surface area contributed by atoms with Crippen LogP contribution >= 0.6 is 11.3 Å². The van der Waals surface area contributed by atoms with Gasteiger partial charge in [0.05, 0.1) is 5.52 Å². The largest absolute Gasteiger partial charge is 0.313 e. The molecule has 0 bridgehead atoms. The van der Waals surface area contributed by atoms with Gasteiger partial charge in [0.2, 0.25) is 0 Å². The van der Waals surface area contributed by atoms with E-state index in [2.05, 4.69) is 191 Å². The summed E-state index contributed by atoms with van der Waals surface area (Å²) in [7, 11) is 0. The highest BCUT2D eigenvalue weighted by atomic mass is 32.1. The molecule has 0 unspecified atom stereocenters. The van der Waals surface area contributed by atoms with Crippen LogP contribution in [-0.4, -0.2) is 4.57 Å². The van der Waals surface area contributed by atoms with E-state index >= 15 is 0 Å². The smallest absolute Gasteiger partial charge is 0.0540 e. The minimum absolute atomic E-state index is 1.13. The molecule has 9 aromatic rings. The molecular weight excluding hydrogens is 661 g/mol. The number of nitrogens with zero attached hydrogens (tertiary/aromatic N) is 2. The quantitative estimate of drug-likeness (QED) is 0.161. The van der Waals surface area contributed by atoms with E-state index in [1.165, 1.54) is 84.2 Å². The van der Waals surface area contributed by atoms with E-state index in [9.17, 15) is 0 Å². The van der Waals surface area contributed by atoms with Crippen molar-refractivity contribution in [1.82, 2.24) is 4.57 Å². The highest BCUT2D eigenvalue weighted by molar-refractivity contribution is 7.13. The summed E-state index contributed by atoms with van der Waals surface area (Å²) in [4.78, 5) is 3.65. The van der Waals surface area contributed by atoms with Crippen molar-refractivity contribution in [3.8, 4) is 38.4 Å². The van der Waals surface area contributed by atoms with Crippen LogP contribution in [-0.2, 0) is 12.8 Å². The molecule has 1 aliphatic carbocycles. The lowest BCUT2D eigenvalue weighted by Crippen LogP contribution is -2.09. The second-order valence-corrected chi connectivity index (χ2v) is 15.0. The molecule has 0 atom stereocenters. The molecule has 0 fully saturated rings. The number of fused-ring (bicyclic) bond motifs is 4. The first-order valence-corrected chi connectivity index (χ1v) is 19.5. The lowest BCUT2D eigenvalue weighted by molar-refractivity contribution is 0.667.